The smallest absolute Gasteiger partial charge is 0.429 e. The van der Waals surface area contributed by atoms with Gasteiger partial charge >= 0.3 is 12.2 Å². The Bertz CT molecular complexity index is 277. The Hall–Kier alpha value is -1.72. The third-order valence-electron chi connectivity index (χ3n) is 1.81. The lowest BCUT2D eigenvalue weighted by molar-refractivity contribution is 0.110. The van der Waals surface area contributed by atoms with E-state index in [1.54, 1.807) is 19.1 Å². The van der Waals surface area contributed by atoms with Crippen molar-refractivity contribution in [1.29, 1.82) is 0 Å². The van der Waals surface area contributed by atoms with Crippen molar-refractivity contribution in [2.75, 3.05) is 13.2 Å². The van der Waals surface area contributed by atoms with Crippen LogP contribution in [-0.2, 0) is 9.47 Å². The summed E-state index contributed by atoms with van der Waals surface area (Å²) >= 11 is 0. The third-order valence-corrected chi connectivity index (χ3v) is 1.81. The second-order valence-electron chi connectivity index (χ2n) is 2.87. The summed E-state index contributed by atoms with van der Waals surface area (Å²) in [7, 11) is 0. The molecular formula is C9H14N2O4. The highest BCUT2D eigenvalue weighted by atomic mass is 16.6. The Balaban J connectivity index is 2.56. The maximum Gasteiger partial charge on any atom is 0.429 e. The number of nitrogens with zero attached hydrogens (tertiary/aromatic N) is 1. The van der Waals surface area contributed by atoms with Crippen molar-refractivity contribution >= 4 is 12.2 Å². The van der Waals surface area contributed by atoms with E-state index >= 15 is 0 Å². The predicted octanol–water partition coefficient (Wildman–Crippen LogP) is 1.04. The summed E-state index contributed by atoms with van der Waals surface area (Å²) < 4.78 is 9.43. The second-order valence-corrected chi connectivity index (χ2v) is 2.87. The van der Waals surface area contributed by atoms with Crippen molar-refractivity contribution in [2.45, 2.75) is 19.9 Å². The topological polar surface area (TPSA) is 67.9 Å². The minimum atomic E-state index is -0.661. The molecule has 0 spiro atoms. The number of allylic oxidation sites excluding steroid dienone is 1. The van der Waals surface area contributed by atoms with Crippen molar-refractivity contribution in [2.24, 2.45) is 0 Å². The summed E-state index contributed by atoms with van der Waals surface area (Å²) in [5.41, 5.74) is 2.31. The molecule has 1 aliphatic rings. The fourth-order valence-electron chi connectivity index (χ4n) is 1.19. The van der Waals surface area contributed by atoms with Crippen LogP contribution >= 0.6 is 0 Å². The minimum Gasteiger partial charge on any atom is -0.449 e. The van der Waals surface area contributed by atoms with Gasteiger partial charge in [-0.1, -0.05) is 12.2 Å². The Morgan fingerprint density at radius 2 is 2.53 bits per heavy atom. The van der Waals surface area contributed by atoms with Gasteiger partial charge in [0.2, 0.25) is 0 Å². The van der Waals surface area contributed by atoms with E-state index in [-0.39, 0.29) is 19.3 Å². The van der Waals surface area contributed by atoms with Gasteiger partial charge in [-0.05, 0) is 13.8 Å². The zero-order valence-electron chi connectivity index (χ0n) is 8.73. The number of hydrazine groups is 1. The van der Waals surface area contributed by atoms with E-state index in [1.165, 1.54) is 0 Å². The van der Waals surface area contributed by atoms with E-state index in [0.717, 1.165) is 5.01 Å². The number of cyclic esters (lactones) is 1. The summed E-state index contributed by atoms with van der Waals surface area (Å²) in [6, 6.07) is -0.271. The quantitative estimate of drug-likeness (QED) is 0.713. The van der Waals surface area contributed by atoms with Crippen LogP contribution in [0.1, 0.15) is 13.8 Å². The maximum absolute atomic E-state index is 11.2. The highest BCUT2D eigenvalue weighted by Gasteiger charge is 2.32. The molecule has 0 bridgehead atoms. The highest BCUT2D eigenvalue weighted by molar-refractivity contribution is 5.75. The Kier molecular flexibility index (Phi) is 3.96. The average Bonchev–Trinajstić information content (AvgIpc) is 2.51. The van der Waals surface area contributed by atoms with Gasteiger partial charge in [-0.3, -0.25) is 0 Å². The number of hydrogen-bond donors (Lipinski definition) is 1. The molecule has 1 saturated heterocycles. The molecule has 0 saturated carbocycles. The standard InChI is InChI=1S/C9H14N2O4/c1-3-5-7-6-15-9(13)11(7)10-8(12)14-4-2/h3,5,7H,4,6H2,1-2H3,(H,10,12)/b5-3+. The average molecular weight is 214 g/mol. The molecule has 1 N–H and O–H groups in total. The van der Waals surface area contributed by atoms with Gasteiger partial charge in [-0.25, -0.2) is 20.0 Å². The third kappa shape index (κ3) is 2.87. The molecule has 1 fully saturated rings. The van der Waals surface area contributed by atoms with Crippen LogP contribution in [0.3, 0.4) is 0 Å². The molecule has 0 aromatic rings. The maximum atomic E-state index is 11.2. The van der Waals surface area contributed by atoms with Crippen molar-refractivity contribution < 1.29 is 19.1 Å². The van der Waals surface area contributed by atoms with Crippen LogP contribution in [-0.4, -0.2) is 36.5 Å². The molecule has 0 aliphatic carbocycles. The number of rotatable bonds is 3. The molecule has 6 heteroatoms. The van der Waals surface area contributed by atoms with Crippen LogP contribution in [0.25, 0.3) is 0 Å². The van der Waals surface area contributed by atoms with Gasteiger partial charge in [-0.2, -0.15) is 0 Å². The number of hydrogen-bond acceptors (Lipinski definition) is 4. The van der Waals surface area contributed by atoms with Gasteiger partial charge in [0.15, 0.2) is 0 Å². The van der Waals surface area contributed by atoms with E-state index in [2.05, 4.69) is 10.2 Å². The Morgan fingerprint density at radius 1 is 1.80 bits per heavy atom. The fourth-order valence-corrected chi connectivity index (χ4v) is 1.19. The molecule has 1 rings (SSSR count). The summed E-state index contributed by atoms with van der Waals surface area (Å²) in [6.45, 7) is 4.00. The van der Waals surface area contributed by atoms with Crippen molar-refractivity contribution in [3.63, 3.8) is 0 Å². The monoisotopic (exact) mass is 214 g/mol. The lowest BCUT2D eigenvalue weighted by Crippen LogP contribution is -2.47. The van der Waals surface area contributed by atoms with Crippen LogP contribution in [0.5, 0.6) is 0 Å². The van der Waals surface area contributed by atoms with Gasteiger partial charge in [0.1, 0.15) is 12.6 Å². The van der Waals surface area contributed by atoms with E-state index in [9.17, 15) is 9.59 Å². The molecule has 0 aromatic heterocycles. The first-order chi connectivity index (χ1) is 7.19. The molecule has 1 heterocycles. The molecule has 1 unspecified atom stereocenters. The first-order valence-electron chi connectivity index (χ1n) is 4.71. The SMILES string of the molecule is C/C=C/C1COC(=O)N1NC(=O)OCC. The number of ether oxygens (including phenoxy) is 2. The normalized spacial score (nSPS) is 20.5. The summed E-state index contributed by atoms with van der Waals surface area (Å²) in [5.74, 6) is 0. The Labute approximate surface area is 87.8 Å². The molecule has 1 atom stereocenters. The number of carbonyl (C=O) groups is 2. The predicted molar refractivity (Wildman–Crippen MR) is 51.9 cm³/mol. The van der Waals surface area contributed by atoms with Crippen LogP contribution < -0.4 is 5.43 Å². The molecule has 6 nitrogen and oxygen atoms in total. The van der Waals surface area contributed by atoms with Crippen LogP contribution in [0.2, 0.25) is 0 Å². The van der Waals surface area contributed by atoms with Gasteiger partial charge < -0.3 is 9.47 Å². The van der Waals surface area contributed by atoms with E-state index < -0.39 is 12.2 Å². The molecule has 84 valence electrons. The van der Waals surface area contributed by atoms with Gasteiger partial charge in [0.25, 0.3) is 0 Å². The molecule has 2 amide bonds. The molecular weight excluding hydrogens is 200 g/mol. The van der Waals surface area contributed by atoms with Gasteiger partial charge in [0, 0.05) is 0 Å². The van der Waals surface area contributed by atoms with Crippen LogP contribution in [0, 0.1) is 0 Å². The zero-order chi connectivity index (χ0) is 11.3. The summed E-state index contributed by atoms with van der Waals surface area (Å²) in [6.07, 6.45) is 2.31. The van der Waals surface area contributed by atoms with Gasteiger partial charge in [-0.15, -0.1) is 0 Å². The lowest BCUT2D eigenvalue weighted by Gasteiger charge is -2.18. The minimum absolute atomic E-state index is 0.232. The number of carbonyl (C=O) groups excluding carboxylic acids is 2. The van der Waals surface area contributed by atoms with E-state index in [0.29, 0.717) is 0 Å². The number of nitrogens with one attached hydrogen (secondary N) is 1. The first kappa shape index (κ1) is 11.4. The van der Waals surface area contributed by atoms with Crippen molar-refractivity contribution in [3.05, 3.63) is 12.2 Å². The second kappa shape index (κ2) is 5.23. The molecule has 15 heavy (non-hydrogen) atoms. The largest absolute Gasteiger partial charge is 0.449 e. The molecule has 0 radical (unpaired) electrons. The van der Waals surface area contributed by atoms with Gasteiger partial charge in [0.05, 0.1) is 6.61 Å². The summed E-state index contributed by atoms with van der Waals surface area (Å²) in [5, 5.41) is 1.11. The van der Waals surface area contributed by atoms with Crippen molar-refractivity contribution in [3.8, 4) is 0 Å². The zero-order valence-corrected chi connectivity index (χ0v) is 8.73. The van der Waals surface area contributed by atoms with Crippen LogP contribution in [0.4, 0.5) is 9.59 Å². The summed E-state index contributed by atoms with van der Waals surface area (Å²) in [4.78, 5) is 22.3. The highest BCUT2D eigenvalue weighted by Crippen LogP contribution is 2.10. The molecule has 1 aliphatic heterocycles. The first-order valence-corrected chi connectivity index (χ1v) is 4.71. The Morgan fingerprint density at radius 3 is 3.13 bits per heavy atom. The fraction of sp³-hybridized carbons (Fsp3) is 0.556. The van der Waals surface area contributed by atoms with E-state index in [1.807, 2.05) is 6.92 Å². The van der Waals surface area contributed by atoms with E-state index in [4.69, 9.17) is 4.74 Å². The molecule has 0 aromatic carbocycles. The number of amides is 2. The van der Waals surface area contributed by atoms with Crippen LogP contribution in [0.15, 0.2) is 12.2 Å². The lowest BCUT2D eigenvalue weighted by atomic mass is 10.3. The van der Waals surface area contributed by atoms with Crippen molar-refractivity contribution in [1.82, 2.24) is 10.4 Å².